The zero-order chi connectivity index (χ0) is 12.2. The zero-order valence-electron chi connectivity index (χ0n) is 10.1. The molecule has 0 bridgehead atoms. The largest absolute Gasteiger partial charge is 0.381 e. The fourth-order valence-electron chi connectivity index (χ4n) is 1.88. The molecule has 1 saturated carbocycles. The van der Waals surface area contributed by atoms with Crippen LogP contribution in [0.1, 0.15) is 19.8 Å². The maximum atomic E-state index is 11.8. The van der Waals surface area contributed by atoms with Gasteiger partial charge in [-0.05, 0) is 25.7 Å². The van der Waals surface area contributed by atoms with Crippen LogP contribution in [0.25, 0.3) is 0 Å². The molecule has 1 fully saturated rings. The van der Waals surface area contributed by atoms with Crippen LogP contribution < -0.4 is 5.73 Å². The van der Waals surface area contributed by atoms with Gasteiger partial charge in [-0.15, -0.1) is 0 Å². The predicted octanol–water partition coefficient (Wildman–Crippen LogP) is 0.0218. The van der Waals surface area contributed by atoms with Crippen molar-refractivity contribution in [2.45, 2.75) is 25.8 Å². The van der Waals surface area contributed by atoms with E-state index in [-0.39, 0.29) is 18.4 Å². The zero-order valence-corrected chi connectivity index (χ0v) is 10.9. The van der Waals surface area contributed by atoms with Crippen LogP contribution in [0.5, 0.6) is 0 Å². The van der Waals surface area contributed by atoms with E-state index in [0.29, 0.717) is 19.1 Å². The lowest BCUT2D eigenvalue weighted by molar-refractivity contribution is 0.162. The quantitative estimate of drug-likeness (QED) is 0.647. The highest BCUT2D eigenvalue weighted by atomic mass is 32.2. The maximum Gasteiger partial charge on any atom is 0.216 e. The first-order chi connectivity index (χ1) is 7.45. The molecule has 0 aromatic carbocycles. The third-order valence-corrected chi connectivity index (χ3v) is 4.73. The van der Waals surface area contributed by atoms with E-state index < -0.39 is 10.0 Å². The predicted molar refractivity (Wildman–Crippen MR) is 63.6 cm³/mol. The van der Waals surface area contributed by atoms with Crippen molar-refractivity contribution in [1.29, 1.82) is 0 Å². The lowest BCUT2D eigenvalue weighted by atomic mass is 9.81. The Morgan fingerprint density at radius 2 is 2.06 bits per heavy atom. The highest BCUT2D eigenvalue weighted by Crippen LogP contribution is 2.26. The van der Waals surface area contributed by atoms with Crippen LogP contribution in [0.2, 0.25) is 0 Å². The second-order valence-electron chi connectivity index (χ2n) is 4.39. The van der Waals surface area contributed by atoms with Crippen molar-refractivity contribution in [3.8, 4) is 0 Å². The third kappa shape index (κ3) is 4.01. The van der Waals surface area contributed by atoms with Crippen LogP contribution in [-0.2, 0) is 14.8 Å². The van der Waals surface area contributed by atoms with Gasteiger partial charge in [0.25, 0.3) is 0 Å². The van der Waals surface area contributed by atoms with Crippen molar-refractivity contribution in [2.75, 3.05) is 32.6 Å². The molecule has 16 heavy (non-hydrogen) atoms. The molecule has 0 aromatic heterocycles. The van der Waals surface area contributed by atoms with Gasteiger partial charge in [-0.2, -0.15) is 0 Å². The summed E-state index contributed by atoms with van der Waals surface area (Å²) >= 11 is 0. The minimum atomic E-state index is -3.15. The molecule has 1 aliphatic carbocycles. The second kappa shape index (κ2) is 5.95. The molecule has 1 rings (SSSR count). The SMILES string of the molecule is CCOCCS(=O)(=O)N(C)CC1CC(N)C1. The van der Waals surface area contributed by atoms with Crippen LogP contribution in [-0.4, -0.2) is 51.3 Å². The van der Waals surface area contributed by atoms with Crippen molar-refractivity contribution < 1.29 is 13.2 Å². The standard InChI is InChI=1S/C10H22N2O3S/c1-3-15-4-5-16(13,14)12(2)8-9-6-10(11)7-9/h9-10H,3-8,11H2,1-2H3. The highest BCUT2D eigenvalue weighted by Gasteiger charge is 2.29. The fourth-order valence-corrected chi connectivity index (χ4v) is 2.96. The Hall–Kier alpha value is -0.170. The molecule has 0 aromatic rings. The van der Waals surface area contributed by atoms with Crippen molar-refractivity contribution in [3.63, 3.8) is 0 Å². The number of sulfonamides is 1. The highest BCUT2D eigenvalue weighted by molar-refractivity contribution is 7.89. The molecule has 0 radical (unpaired) electrons. The minimum Gasteiger partial charge on any atom is -0.381 e. The Bertz CT molecular complexity index is 299. The maximum absolute atomic E-state index is 11.8. The Morgan fingerprint density at radius 1 is 1.44 bits per heavy atom. The van der Waals surface area contributed by atoms with E-state index in [9.17, 15) is 8.42 Å². The van der Waals surface area contributed by atoms with E-state index in [2.05, 4.69) is 0 Å². The van der Waals surface area contributed by atoms with E-state index in [1.807, 2.05) is 6.92 Å². The molecule has 0 amide bonds. The molecular formula is C10H22N2O3S. The van der Waals surface area contributed by atoms with Gasteiger partial charge in [-0.1, -0.05) is 0 Å². The van der Waals surface area contributed by atoms with Gasteiger partial charge in [0.15, 0.2) is 0 Å². The Morgan fingerprint density at radius 3 is 2.56 bits per heavy atom. The van der Waals surface area contributed by atoms with Crippen LogP contribution in [0.4, 0.5) is 0 Å². The van der Waals surface area contributed by atoms with E-state index in [1.165, 1.54) is 4.31 Å². The molecular weight excluding hydrogens is 228 g/mol. The Labute approximate surface area is 98.0 Å². The van der Waals surface area contributed by atoms with Crippen molar-refractivity contribution in [2.24, 2.45) is 11.7 Å². The molecule has 0 atom stereocenters. The summed E-state index contributed by atoms with van der Waals surface area (Å²) in [7, 11) is -1.52. The average Bonchev–Trinajstić information content (AvgIpc) is 2.15. The van der Waals surface area contributed by atoms with Crippen molar-refractivity contribution >= 4 is 10.0 Å². The van der Waals surface area contributed by atoms with Gasteiger partial charge < -0.3 is 10.5 Å². The average molecular weight is 250 g/mol. The summed E-state index contributed by atoms with van der Waals surface area (Å²) in [5, 5.41) is 0. The van der Waals surface area contributed by atoms with E-state index in [4.69, 9.17) is 10.5 Å². The topological polar surface area (TPSA) is 72.6 Å². The molecule has 0 unspecified atom stereocenters. The van der Waals surface area contributed by atoms with Crippen molar-refractivity contribution in [3.05, 3.63) is 0 Å². The third-order valence-electron chi connectivity index (χ3n) is 2.95. The smallest absolute Gasteiger partial charge is 0.216 e. The summed E-state index contributed by atoms with van der Waals surface area (Å²) in [4.78, 5) is 0. The lowest BCUT2D eigenvalue weighted by Crippen LogP contribution is -2.44. The first-order valence-electron chi connectivity index (χ1n) is 5.73. The van der Waals surface area contributed by atoms with Gasteiger partial charge in [0.2, 0.25) is 10.0 Å². The normalized spacial score (nSPS) is 25.8. The summed E-state index contributed by atoms with van der Waals surface area (Å²) < 4.78 is 30.0. The summed E-state index contributed by atoms with van der Waals surface area (Å²) in [6.45, 7) is 3.26. The molecule has 1 aliphatic rings. The molecule has 0 spiro atoms. The van der Waals surface area contributed by atoms with Crippen LogP contribution >= 0.6 is 0 Å². The Kier molecular flexibility index (Phi) is 5.17. The Balaban J connectivity index is 2.30. The summed E-state index contributed by atoms with van der Waals surface area (Å²) in [6.07, 6.45) is 1.87. The number of nitrogens with zero attached hydrogens (tertiary/aromatic N) is 1. The molecule has 5 nitrogen and oxygen atoms in total. The number of nitrogens with two attached hydrogens (primary N) is 1. The first kappa shape index (κ1) is 13.9. The van der Waals surface area contributed by atoms with Gasteiger partial charge in [-0.25, -0.2) is 12.7 Å². The lowest BCUT2D eigenvalue weighted by Gasteiger charge is -2.34. The summed E-state index contributed by atoms with van der Waals surface area (Å²) in [6, 6.07) is 0.268. The summed E-state index contributed by atoms with van der Waals surface area (Å²) in [5.41, 5.74) is 5.66. The molecule has 2 N–H and O–H groups in total. The van der Waals surface area contributed by atoms with Gasteiger partial charge in [0.1, 0.15) is 0 Å². The van der Waals surface area contributed by atoms with Crippen molar-refractivity contribution in [1.82, 2.24) is 4.31 Å². The fraction of sp³-hybridized carbons (Fsp3) is 1.00. The number of rotatable bonds is 7. The second-order valence-corrected chi connectivity index (χ2v) is 6.59. The van der Waals surface area contributed by atoms with Crippen LogP contribution in [0.15, 0.2) is 0 Å². The first-order valence-corrected chi connectivity index (χ1v) is 7.34. The van der Waals surface area contributed by atoms with Crippen LogP contribution in [0.3, 0.4) is 0 Å². The molecule has 0 heterocycles. The van der Waals surface area contributed by atoms with E-state index in [1.54, 1.807) is 7.05 Å². The van der Waals surface area contributed by atoms with Gasteiger partial charge in [0.05, 0.1) is 12.4 Å². The van der Waals surface area contributed by atoms with E-state index in [0.717, 1.165) is 12.8 Å². The molecule has 0 aliphatic heterocycles. The number of hydrogen-bond donors (Lipinski definition) is 1. The number of ether oxygens (including phenoxy) is 1. The number of hydrogen-bond acceptors (Lipinski definition) is 4. The minimum absolute atomic E-state index is 0.0656. The molecule has 0 saturated heterocycles. The van der Waals surface area contributed by atoms with Gasteiger partial charge >= 0.3 is 0 Å². The van der Waals surface area contributed by atoms with Gasteiger partial charge in [0, 0.05) is 26.2 Å². The van der Waals surface area contributed by atoms with Crippen LogP contribution in [0, 0.1) is 5.92 Å². The monoisotopic (exact) mass is 250 g/mol. The molecule has 6 heteroatoms. The summed E-state index contributed by atoms with van der Waals surface area (Å²) in [5.74, 6) is 0.498. The van der Waals surface area contributed by atoms with Gasteiger partial charge in [-0.3, -0.25) is 0 Å². The molecule has 96 valence electrons. The van der Waals surface area contributed by atoms with E-state index >= 15 is 0 Å².